The van der Waals surface area contributed by atoms with Crippen molar-refractivity contribution in [2.45, 2.75) is 0 Å². The lowest BCUT2D eigenvalue weighted by Crippen LogP contribution is -2.33. The fourth-order valence-electron chi connectivity index (χ4n) is 0.0568. The first-order chi connectivity index (χ1) is 3.41. The Morgan fingerprint density at radius 1 is 1.43 bits per heavy atom. The van der Waals surface area contributed by atoms with Crippen LogP contribution in [0.25, 0.3) is 0 Å². The summed E-state index contributed by atoms with van der Waals surface area (Å²) >= 11 is 1.51. The molecule has 0 bridgehead atoms. The van der Waals surface area contributed by atoms with Crippen LogP contribution in [0.1, 0.15) is 0 Å². The highest BCUT2D eigenvalue weighted by Crippen LogP contribution is 1.79. The number of nitrogens with one attached hydrogen (secondary N) is 2. The molecule has 0 aliphatic heterocycles. The quantitative estimate of drug-likeness (QED) is 0.247. The maximum absolute atomic E-state index is 4.46. The molecule has 44 valence electrons. The highest BCUT2D eigenvalue weighted by Gasteiger charge is 1.75. The lowest BCUT2D eigenvalue weighted by molar-refractivity contribution is -0.270. The van der Waals surface area contributed by atoms with Crippen molar-refractivity contribution in [1.82, 2.24) is 11.2 Å². The molecular formula is H4IN3O3. The minimum atomic E-state index is 1.51. The summed E-state index contributed by atoms with van der Waals surface area (Å²) in [5.74, 6) is 4.46. The van der Waals surface area contributed by atoms with Gasteiger partial charge in [-0.05, 0) is 0 Å². The summed E-state index contributed by atoms with van der Waals surface area (Å²) in [5, 5.41) is 0. The van der Waals surface area contributed by atoms with Crippen molar-refractivity contribution >= 4 is 23.0 Å². The summed E-state index contributed by atoms with van der Waals surface area (Å²) in [6.07, 6.45) is 0. The van der Waals surface area contributed by atoms with Crippen molar-refractivity contribution < 1.29 is 13.1 Å². The Hall–Kier alpha value is 0.490. The monoisotopic (exact) mass is 221 g/mol. The smallest absolute Gasteiger partial charge is 0.157 e. The summed E-state index contributed by atoms with van der Waals surface area (Å²) in [5.41, 5.74) is 3.88. The molecule has 0 saturated heterocycles. The Morgan fingerprint density at radius 3 is 2.57 bits per heavy atom. The third-order valence-electron chi connectivity index (χ3n) is 0.174. The van der Waals surface area contributed by atoms with Crippen molar-refractivity contribution in [2.24, 2.45) is 5.90 Å². The fraction of sp³-hybridized carbons (Fsp3) is 0. The van der Waals surface area contributed by atoms with Gasteiger partial charge in [0, 0.05) is 0 Å². The van der Waals surface area contributed by atoms with Crippen molar-refractivity contribution in [3.8, 4) is 0 Å². The van der Waals surface area contributed by atoms with Crippen LogP contribution in [0.2, 0.25) is 0 Å². The van der Waals surface area contributed by atoms with Gasteiger partial charge in [0.1, 0.15) is 0 Å². The van der Waals surface area contributed by atoms with E-state index in [-0.39, 0.29) is 0 Å². The average molecular weight is 221 g/mol. The molecule has 0 atom stereocenters. The third-order valence-corrected chi connectivity index (χ3v) is 0.354. The molecule has 0 aromatic heterocycles. The SMILES string of the molecule is NONNOOI. The molecule has 0 spiro atoms. The maximum Gasteiger partial charge on any atom is 0.157 e. The van der Waals surface area contributed by atoms with E-state index in [1.165, 1.54) is 23.0 Å². The lowest BCUT2D eigenvalue weighted by Gasteiger charge is -1.96. The molecule has 0 aromatic rings. The second-order valence-corrected chi connectivity index (χ2v) is 0.828. The van der Waals surface area contributed by atoms with Gasteiger partial charge in [-0.3, -0.25) is 0 Å². The normalized spacial score (nSPS) is 9.43. The first kappa shape index (κ1) is 7.49. The van der Waals surface area contributed by atoms with Crippen LogP contribution in [-0.4, -0.2) is 0 Å². The molecular weight excluding hydrogens is 217 g/mol. The molecule has 0 saturated carbocycles. The summed E-state index contributed by atoms with van der Waals surface area (Å²) in [6, 6.07) is 0. The predicted molar refractivity (Wildman–Crippen MR) is 27.7 cm³/mol. The molecule has 0 aromatic carbocycles. The lowest BCUT2D eigenvalue weighted by atomic mass is 12.7. The Bertz CT molecular complexity index is 29.4. The van der Waals surface area contributed by atoms with Gasteiger partial charge in [-0.2, -0.15) is 10.8 Å². The zero-order valence-electron chi connectivity index (χ0n) is 3.18. The Labute approximate surface area is 53.7 Å². The minimum Gasteiger partial charge on any atom is -0.200 e. The van der Waals surface area contributed by atoms with Crippen LogP contribution in [0, 0.1) is 0 Å². The van der Waals surface area contributed by atoms with Gasteiger partial charge in [0.2, 0.25) is 0 Å². The van der Waals surface area contributed by atoms with Crippen molar-refractivity contribution in [2.75, 3.05) is 0 Å². The highest BCUT2D eigenvalue weighted by molar-refractivity contribution is 14.1. The zero-order valence-corrected chi connectivity index (χ0v) is 5.34. The van der Waals surface area contributed by atoms with E-state index in [9.17, 15) is 0 Å². The van der Waals surface area contributed by atoms with Gasteiger partial charge in [-0.1, -0.05) is 11.2 Å². The first-order valence-corrected chi connectivity index (χ1v) is 2.10. The number of rotatable bonds is 4. The highest BCUT2D eigenvalue weighted by atomic mass is 127. The van der Waals surface area contributed by atoms with Gasteiger partial charge in [0.05, 0.1) is 0 Å². The van der Waals surface area contributed by atoms with E-state index in [0.29, 0.717) is 0 Å². The van der Waals surface area contributed by atoms with Crippen molar-refractivity contribution in [1.29, 1.82) is 0 Å². The van der Waals surface area contributed by atoms with E-state index in [1.807, 2.05) is 11.2 Å². The van der Waals surface area contributed by atoms with Gasteiger partial charge >= 0.3 is 0 Å². The molecule has 7 heteroatoms. The molecule has 4 N–H and O–H groups in total. The van der Waals surface area contributed by atoms with E-state index in [4.69, 9.17) is 0 Å². The van der Waals surface area contributed by atoms with E-state index in [0.717, 1.165) is 0 Å². The van der Waals surface area contributed by atoms with Crippen LogP contribution in [0.4, 0.5) is 0 Å². The molecule has 0 fully saturated rings. The van der Waals surface area contributed by atoms with Crippen LogP contribution < -0.4 is 17.1 Å². The van der Waals surface area contributed by atoms with Crippen LogP contribution in [0.15, 0.2) is 0 Å². The Balaban J connectivity index is 2.45. The van der Waals surface area contributed by atoms with Crippen molar-refractivity contribution in [3.63, 3.8) is 0 Å². The topological polar surface area (TPSA) is 77.8 Å². The second kappa shape index (κ2) is 6.49. The van der Waals surface area contributed by atoms with E-state index >= 15 is 0 Å². The molecule has 0 aliphatic carbocycles. The Kier molecular flexibility index (Phi) is 6.94. The van der Waals surface area contributed by atoms with E-state index in [2.05, 4.69) is 19.0 Å². The zero-order chi connectivity index (χ0) is 5.54. The third kappa shape index (κ3) is 6.49. The first-order valence-electron chi connectivity index (χ1n) is 1.21. The van der Waals surface area contributed by atoms with Crippen LogP contribution in [0.5, 0.6) is 0 Å². The fourth-order valence-corrected chi connectivity index (χ4v) is 0.147. The molecule has 6 nitrogen and oxygen atoms in total. The van der Waals surface area contributed by atoms with E-state index in [1.54, 1.807) is 0 Å². The maximum atomic E-state index is 4.46. The summed E-state index contributed by atoms with van der Waals surface area (Å²) in [7, 11) is 0. The summed E-state index contributed by atoms with van der Waals surface area (Å²) in [6.45, 7) is 0. The van der Waals surface area contributed by atoms with Gasteiger partial charge in [0.25, 0.3) is 0 Å². The number of halogens is 1. The summed E-state index contributed by atoms with van der Waals surface area (Å²) in [4.78, 5) is 7.77. The molecule has 0 unspecified atom stereocenters. The number of hydrogen-bond acceptors (Lipinski definition) is 6. The predicted octanol–water partition coefficient (Wildman–Crippen LogP) is -0.901. The van der Waals surface area contributed by atoms with Crippen LogP contribution >= 0.6 is 23.0 Å². The second-order valence-electron chi connectivity index (χ2n) is 0.468. The van der Waals surface area contributed by atoms with Crippen molar-refractivity contribution in [3.05, 3.63) is 0 Å². The molecule has 0 rings (SSSR count). The molecule has 0 heterocycles. The molecule has 0 aliphatic rings. The van der Waals surface area contributed by atoms with Crippen LogP contribution in [-0.2, 0) is 13.1 Å². The van der Waals surface area contributed by atoms with Gasteiger partial charge < -0.3 is 0 Å². The number of nitrogens with two attached hydrogens (primary N) is 1. The standard InChI is InChI=1S/H4IN3O3/c1-5-7-4-3-6-2/h3-4H,2H2. The van der Waals surface area contributed by atoms with Crippen LogP contribution in [0.3, 0.4) is 0 Å². The molecule has 7 heavy (non-hydrogen) atoms. The number of hydrogen-bond donors (Lipinski definition) is 3. The molecule has 0 amide bonds. The molecule has 0 radical (unpaired) electrons. The van der Waals surface area contributed by atoms with Gasteiger partial charge in [0.15, 0.2) is 23.0 Å². The average Bonchev–Trinajstić information content (AvgIpc) is 1.69. The van der Waals surface area contributed by atoms with Gasteiger partial charge in [-0.25, -0.2) is 0 Å². The minimum absolute atomic E-state index is 1.51. The van der Waals surface area contributed by atoms with E-state index < -0.39 is 0 Å². The Morgan fingerprint density at radius 2 is 2.14 bits per heavy atom. The summed E-state index contributed by atoms with van der Waals surface area (Å²) < 4.78 is 4.00. The van der Waals surface area contributed by atoms with Gasteiger partial charge in [-0.15, -0.1) is 8.21 Å². The number of hydrazine groups is 1. The largest absolute Gasteiger partial charge is 0.200 e.